The molecule has 5 nitrogen and oxygen atoms in total. The third kappa shape index (κ3) is 4.15. The number of anilines is 1. The number of ether oxygens (including phenoxy) is 1. The molecule has 7 heteroatoms. The number of thioether (sulfide) groups is 2. The Morgan fingerprint density at radius 1 is 1.31 bits per heavy atom. The van der Waals surface area contributed by atoms with Crippen molar-refractivity contribution in [2.45, 2.75) is 48.4 Å². The fourth-order valence-electron chi connectivity index (χ4n) is 3.08. The first-order valence-corrected chi connectivity index (χ1v) is 10.5. The van der Waals surface area contributed by atoms with Crippen LogP contribution in [-0.2, 0) is 4.79 Å². The van der Waals surface area contributed by atoms with E-state index < -0.39 is 0 Å². The zero-order chi connectivity index (χ0) is 18.7. The monoisotopic (exact) mass is 389 g/mol. The quantitative estimate of drug-likeness (QED) is 0.579. The van der Waals surface area contributed by atoms with E-state index in [0.29, 0.717) is 16.9 Å². The predicted molar refractivity (Wildman–Crippen MR) is 107 cm³/mol. The lowest BCUT2D eigenvalue weighted by atomic mass is 9.96. The van der Waals surface area contributed by atoms with Crippen LogP contribution in [0, 0.1) is 6.92 Å². The minimum Gasteiger partial charge on any atom is -0.497 e. The minimum absolute atomic E-state index is 0.0445. The van der Waals surface area contributed by atoms with Gasteiger partial charge in [-0.1, -0.05) is 25.6 Å². The number of nitrogens with zero attached hydrogens (tertiary/aromatic N) is 2. The summed E-state index contributed by atoms with van der Waals surface area (Å²) in [6.07, 6.45) is 1.05. The number of methoxy groups -OCH3 is 1. The van der Waals surface area contributed by atoms with Crippen LogP contribution < -0.4 is 10.1 Å². The van der Waals surface area contributed by atoms with Gasteiger partial charge in [-0.2, -0.15) is 0 Å². The molecule has 3 rings (SSSR count). The van der Waals surface area contributed by atoms with Crippen molar-refractivity contribution in [1.29, 1.82) is 0 Å². The van der Waals surface area contributed by atoms with Gasteiger partial charge in [0.25, 0.3) is 0 Å². The summed E-state index contributed by atoms with van der Waals surface area (Å²) in [7, 11) is 1.62. The van der Waals surface area contributed by atoms with E-state index in [1.54, 1.807) is 7.11 Å². The van der Waals surface area contributed by atoms with Crippen LogP contribution in [0.15, 0.2) is 34.3 Å². The molecule has 1 aliphatic heterocycles. The lowest BCUT2D eigenvalue weighted by Gasteiger charge is -2.15. The van der Waals surface area contributed by atoms with E-state index in [9.17, 15) is 4.79 Å². The molecular weight excluding hydrogens is 366 g/mol. The molecule has 2 heterocycles. The maximum atomic E-state index is 12.3. The fraction of sp³-hybridized carbons (Fsp3) is 0.421. The van der Waals surface area contributed by atoms with Crippen LogP contribution in [0.3, 0.4) is 0 Å². The van der Waals surface area contributed by atoms with Gasteiger partial charge in [-0.25, -0.2) is 9.97 Å². The Balaban J connectivity index is 1.69. The Hall–Kier alpha value is -1.73. The summed E-state index contributed by atoms with van der Waals surface area (Å²) in [5, 5.41) is 5.44. The Bertz CT molecular complexity index is 796. The molecule has 1 amide bonds. The maximum absolute atomic E-state index is 12.3. The maximum Gasteiger partial charge on any atom is 0.234 e. The first-order chi connectivity index (χ1) is 12.5. The summed E-state index contributed by atoms with van der Waals surface area (Å²) in [5.74, 6) is 2.25. The molecule has 0 aliphatic carbocycles. The molecule has 0 fully saturated rings. The summed E-state index contributed by atoms with van der Waals surface area (Å²) in [6.45, 7) is 6.34. The molecule has 0 saturated carbocycles. The van der Waals surface area contributed by atoms with Crippen LogP contribution in [0.5, 0.6) is 5.75 Å². The smallest absolute Gasteiger partial charge is 0.234 e. The van der Waals surface area contributed by atoms with Crippen molar-refractivity contribution in [2.24, 2.45) is 0 Å². The summed E-state index contributed by atoms with van der Waals surface area (Å²) >= 11 is 3.31. The van der Waals surface area contributed by atoms with Gasteiger partial charge in [0.15, 0.2) is 0 Å². The molecule has 1 aromatic heterocycles. The summed E-state index contributed by atoms with van der Waals surface area (Å²) in [4.78, 5) is 21.6. The van der Waals surface area contributed by atoms with Crippen LogP contribution in [0.4, 0.5) is 5.69 Å². The molecular formula is C19H23N3O2S2. The van der Waals surface area contributed by atoms with Crippen LogP contribution in [-0.4, -0.2) is 34.0 Å². The van der Waals surface area contributed by atoms with Crippen LogP contribution >= 0.6 is 23.5 Å². The van der Waals surface area contributed by atoms with Gasteiger partial charge in [-0.15, -0.1) is 11.8 Å². The SMILES string of the molecule is CC[C@H]1c2c(SCC(=O)Nc3ccc(OC)cc3)nc(C)nc2S[C@H]1C. The Morgan fingerprint density at radius 2 is 2.04 bits per heavy atom. The number of hydrogen-bond donors (Lipinski definition) is 1. The minimum atomic E-state index is -0.0445. The van der Waals surface area contributed by atoms with Crippen molar-refractivity contribution in [1.82, 2.24) is 9.97 Å². The fourth-order valence-corrected chi connectivity index (χ4v) is 5.49. The number of benzene rings is 1. The number of aryl methyl sites for hydroxylation is 1. The summed E-state index contributed by atoms with van der Waals surface area (Å²) < 4.78 is 5.13. The lowest BCUT2D eigenvalue weighted by Crippen LogP contribution is -2.15. The van der Waals surface area contributed by atoms with Gasteiger partial charge >= 0.3 is 0 Å². The standard InChI is InChI=1S/C19H23N3O2S2/c1-5-15-11(2)26-19-17(15)18(20-12(3)21-19)25-10-16(23)22-13-6-8-14(24-4)9-7-13/h6-9,11,15H,5,10H2,1-4H3,(H,22,23)/t11-,15+/m0/s1. The van der Waals surface area contributed by atoms with Gasteiger partial charge in [0.05, 0.1) is 12.9 Å². The van der Waals surface area contributed by atoms with Gasteiger partial charge in [0, 0.05) is 22.4 Å². The number of fused-ring (bicyclic) bond motifs is 1. The molecule has 0 spiro atoms. The molecule has 2 aromatic rings. The number of carbonyl (C=O) groups excluding carboxylic acids is 1. The van der Waals surface area contributed by atoms with Crippen molar-refractivity contribution < 1.29 is 9.53 Å². The largest absolute Gasteiger partial charge is 0.497 e. The normalized spacial score (nSPS) is 18.5. The lowest BCUT2D eigenvalue weighted by molar-refractivity contribution is -0.113. The molecule has 0 radical (unpaired) electrons. The highest BCUT2D eigenvalue weighted by molar-refractivity contribution is 8.01. The zero-order valence-electron chi connectivity index (χ0n) is 15.4. The number of amides is 1. The van der Waals surface area contributed by atoms with Gasteiger partial charge in [0.2, 0.25) is 5.91 Å². The molecule has 0 unspecified atom stereocenters. The van der Waals surface area contributed by atoms with E-state index in [1.165, 1.54) is 17.3 Å². The van der Waals surface area contributed by atoms with Crippen molar-refractivity contribution in [3.63, 3.8) is 0 Å². The molecule has 1 aliphatic rings. The van der Waals surface area contributed by atoms with Crippen LogP contribution in [0.2, 0.25) is 0 Å². The first kappa shape index (κ1) is 19.0. The average molecular weight is 390 g/mol. The first-order valence-electron chi connectivity index (χ1n) is 8.63. The van der Waals surface area contributed by atoms with Crippen molar-refractivity contribution in [3.8, 4) is 5.75 Å². The number of carbonyl (C=O) groups is 1. The van der Waals surface area contributed by atoms with E-state index in [1.807, 2.05) is 43.0 Å². The Kier molecular flexibility index (Phi) is 6.09. The van der Waals surface area contributed by atoms with E-state index in [-0.39, 0.29) is 5.91 Å². The summed E-state index contributed by atoms with van der Waals surface area (Å²) in [5.41, 5.74) is 1.98. The highest BCUT2D eigenvalue weighted by Gasteiger charge is 2.33. The number of rotatable bonds is 6. The molecule has 0 saturated heterocycles. The third-order valence-corrected chi connectivity index (χ3v) is 6.60. The second-order valence-electron chi connectivity index (χ2n) is 6.20. The number of hydrogen-bond acceptors (Lipinski definition) is 6. The zero-order valence-corrected chi connectivity index (χ0v) is 17.0. The average Bonchev–Trinajstić information content (AvgIpc) is 2.95. The second-order valence-corrected chi connectivity index (χ2v) is 8.53. The highest BCUT2D eigenvalue weighted by atomic mass is 32.2. The van der Waals surface area contributed by atoms with E-state index in [4.69, 9.17) is 4.74 Å². The molecule has 26 heavy (non-hydrogen) atoms. The van der Waals surface area contributed by atoms with Crippen molar-refractivity contribution in [3.05, 3.63) is 35.7 Å². The molecule has 2 atom stereocenters. The summed E-state index contributed by atoms with van der Waals surface area (Å²) in [6, 6.07) is 7.32. The van der Waals surface area contributed by atoms with Gasteiger partial charge in [-0.3, -0.25) is 4.79 Å². The van der Waals surface area contributed by atoms with E-state index >= 15 is 0 Å². The van der Waals surface area contributed by atoms with Crippen LogP contribution in [0.25, 0.3) is 0 Å². The highest BCUT2D eigenvalue weighted by Crippen LogP contribution is 2.48. The van der Waals surface area contributed by atoms with Gasteiger partial charge < -0.3 is 10.1 Å². The molecule has 1 aromatic carbocycles. The molecule has 0 bridgehead atoms. The number of nitrogens with one attached hydrogen (secondary N) is 1. The Morgan fingerprint density at radius 3 is 2.69 bits per heavy atom. The van der Waals surface area contributed by atoms with E-state index in [0.717, 1.165) is 33.7 Å². The van der Waals surface area contributed by atoms with Gasteiger partial charge in [-0.05, 0) is 37.6 Å². The second kappa shape index (κ2) is 8.31. The van der Waals surface area contributed by atoms with Gasteiger partial charge in [0.1, 0.15) is 21.6 Å². The molecule has 138 valence electrons. The third-order valence-electron chi connectivity index (χ3n) is 4.38. The van der Waals surface area contributed by atoms with Crippen LogP contribution in [0.1, 0.15) is 37.6 Å². The van der Waals surface area contributed by atoms with Crippen molar-refractivity contribution >= 4 is 35.1 Å². The topological polar surface area (TPSA) is 64.1 Å². The number of aromatic nitrogens is 2. The van der Waals surface area contributed by atoms with E-state index in [2.05, 4.69) is 29.1 Å². The predicted octanol–water partition coefficient (Wildman–Crippen LogP) is 4.51. The Labute approximate surface area is 162 Å². The van der Waals surface area contributed by atoms with Crippen molar-refractivity contribution in [2.75, 3.05) is 18.2 Å². The molecule has 1 N–H and O–H groups in total.